The topological polar surface area (TPSA) is 58.2 Å². The summed E-state index contributed by atoms with van der Waals surface area (Å²) in [6, 6.07) is 12.6. The number of fused-ring (bicyclic) bond motifs is 1. The molecule has 0 spiro atoms. The molecule has 2 N–H and O–H groups in total. The maximum absolute atomic E-state index is 12.5. The molecule has 24 heavy (non-hydrogen) atoms. The highest BCUT2D eigenvalue weighted by Gasteiger charge is 2.17. The first kappa shape index (κ1) is 16.9. The van der Waals surface area contributed by atoms with E-state index in [0.29, 0.717) is 22.7 Å². The lowest BCUT2D eigenvalue weighted by atomic mass is 10.1. The van der Waals surface area contributed by atoms with E-state index in [1.807, 2.05) is 25.1 Å². The summed E-state index contributed by atoms with van der Waals surface area (Å²) >= 11 is 7.51. The summed E-state index contributed by atoms with van der Waals surface area (Å²) in [6.45, 7) is 1.92. The molecule has 1 heterocycles. The first-order chi connectivity index (χ1) is 11.5. The summed E-state index contributed by atoms with van der Waals surface area (Å²) in [5, 5.41) is 6.48. The van der Waals surface area contributed by atoms with E-state index in [1.165, 1.54) is 0 Å². The number of carbonyl (C=O) groups excluding carboxylic acids is 2. The Bertz CT molecular complexity index is 777. The fourth-order valence-corrected chi connectivity index (χ4v) is 3.54. The Balaban J connectivity index is 1.75. The van der Waals surface area contributed by atoms with Gasteiger partial charge in [0.2, 0.25) is 5.91 Å². The van der Waals surface area contributed by atoms with Gasteiger partial charge in [-0.05, 0) is 42.8 Å². The van der Waals surface area contributed by atoms with Crippen LogP contribution < -0.4 is 10.6 Å². The van der Waals surface area contributed by atoms with Crippen molar-refractivity contribution in [3.05, 3.63) is 58.6 Å². The quantitative estimate of drug-likeness (QED) is 0.859. The van der Waals surface area contributed by atoms with Gasteiger partial charge in [0.25, 0.3) is 5.91 Å². The largest absolute Gasteiger partial charge is 0.346 e. The van der Waals surface area contributed by atoms with Crippen molar-refractivity contribution in [2.75, 3.05) is 11.1 Å². The smallest absolute Gasteiger partial charge is 0.251 e. The van der Waals surface area contributed by atoms with Crippen molar-refractivity contribution in [3.63, 3.8) is 0 Å². The maximum atomic E-state index is 12.5. The number of nitrogens with one attached hydrogen (secondary N) is 2. The number of hydrogen-bond donors (Lipinski definition) is 2. The minimum Gasteiger partial charge on any atom is -0.346 e. The van der Waals surface area contributed by atoms with Crippen LogP contribution in [0.3, 0.4) is 0 Å². The summed E-state index contributed by atoms with van der Waals surface area (Å²) in [5.74, 6) is 0.551. The van der Waals surface area contributed by atoms with Crippen molar-refractivity contribution in [2.45, 2.75) is 24.3 Å². The van der Waals surface area contributed by atoms with Crippen LogP contribution in [0.1, 0.15) is 35.3 Å². The van der Waals surface area contributed by atoms with Crippen LogP contribution in [0.25, 0.3) is 0 Å². The summed E-state index contributed by atoms with van der Waals surface area (Å²) in [6.07, 6.45) is 0.481. The Kier molecular flexibility index (Phi) is 5.11. The fraction of sp³-hybridized carbons (Fsp3) is 0.222. The predicted octanol–water partition coefficient (Wildman–Crippen LogP) is 4.27. The Hall–Kier alpha value is -1.98. The second-order valence-electron chi connectivity index (χ2n) is 5.60. The number of halogens is 1. The van der Waals surface area contributed by atoms with E-state index in [0.717, 1.165) is 16.2 Å². The molecule has 3 rings (SSSR count). The lowest BCUT2D eigenvalue weighted by Crippen LogP contribution is -2.26. The van der Waals surface area contributed by atoms with Crippen LogP contribution in [0.15, 0.2) is 47.4 Å². The molecule has 0 saturated heterocycles. The van der Waals surface area contributed by atoms with Gasteiger partial charge in [-0.1, -0.05) is 23.7 Å². The lowest BCUT2D eigenvalue weighted by Gasteiger charge is -2.15. The van der Waals surface area contributed by atoms with Gasteiger partial charge < -0.3 is 10.6 Å². The summed E-state index contributed by atoms with van der Waals surface area (Å²) in [4.78, 5) is 25.2. The second kappa shape index (κ2) is 7.28. The molecule has 1 atom stereocenters. The van der Waals surface area contributed by atoms with Crippen LogP contribution in [-0.4, -0.2) is 17.6 Å². The van der Waals surface area contributed by atoms with Gasteiger partial charge in [-0.3, -0.25) is 9.59 Å². The summed E-state index contributed by atoms with van der Waals surface area (Å²) in [5.41, 5.74) is 2.21. The van der Waals surface area contributed by atoms with Gasteiger partial charge in [-0.25, -0.2) is 0 Å². The first-order valence-electron chi connectivity index (χ1n) is 7.66. The molecule has 124 valence electrons. The van der Waals surface area contributed by atoms with E-state index in [-0.39, 0.29) is 17.9 Å². The van der Waals surface area contributed by atoms with E-state index >= 15 is 0 Å². The zero-order chi connectivity index (χ0) is 17.1. The van der Waals surface area contributed by atoms with Crippen LogP contribution in [0.5, 0.6) is 0 Å². The highest BCUT2D eigenvalue weighted by atomic mass is 35.5. The molecule has 0 bridgehead atoms. The number of rotatable bonds is 3. The van der Waals surface area contributed by atoms with E-state index in [1.54, 1.807) is 36.0 Å². The van der Waals surface area contributed by atoms with Crippen molar-refractivity contribution >= 4 is 40.9 Å². The molecule has 0 saturated carbocycles. The Labute approximate surface area is 150 Å². The third kappa shape index (κ3) is 3.91. The van der Waals surface area contributed by atoms with Crippen LogP contribution in [0.4, 0.5) is 5.69 Å². The molecule has 0 radical (unpaired) electrons. The van der Waals surface area contributed by atoms with E-state index < -0.39 is 0 Å². The average molecular weight is 361 g/mol. The molecule has 2 amide bonds. The monoisotopic (exact) mass is 360 g/mol. The molecule has 1 aliphatic rings. The van der Waals surface area contributed by atoms with Crippen LogP contribution >= 0.6 is 23.4 Å². The van der Waals surface area contributed by atoms with Crippen molar-refractivity contribution in [2.24, 2.45) is 0 Å². The highest BCUT2D eigenvalue weighted by Crippen LogP contribution is 2.31. The molecule has 4 nitrogen and oxygen atoms in total. The lowest BCUT2D eigenvalue weighted by molar-refractivity contribution is -0.115. The Morgan fingerprint density at radius 1 is 1.25 bits per heavy atom. The van der Waals surface area contributed by atoms with Gasteiger partial charge in [0.1, 0.15) is 0 Å². The minimum atomic E-state index is -0.177. The van der Waals surface area contributed by atoms with Gasteiger partial charge in [0.05, 0.1) is 11.7 Å². The summed E-state index contributed by atoms with van der Waals surface area (Å²) in [7, 11) is 0. The van der Waals surface area contributed by atoms with Crippen LogP contribution in [0.2, 0.25) is 5.02 Å². The zero-order valence-corrected chi connectivity index (χ0v) is 14.7. The molecule has 1 unspecified atom stereocenters. The second-order valence-corrected chi connectivity index (χ2v) is 7.18. The van der Waals surface area contributed by atoms with E-state index in [4.69, 9.17) is 11.6 Å². The van der Waals surface area contributed by atoms with Crippen molar-refractivity contribution < 1.29 is 9.59 Å². The molecule has 1 aliphatic heterocycles. The van der Waals surface area contributed by atoms with Gasteiger partial charge in [-0.15, -0.1) is 11.8 Å². The van der Waals surface area contributed by atoms with E-state index in [2.05, 4.69) is 10.6 Å². The minimum absolute atomic E-state index is 0.0201. The third-order valence-corrected chi connectivity index (χ3v) is 5.15. The van der Waals surface area contributed by atoms with Gasteiger partial charge in [-0.2, -0.15) is 0 Å². The van der Waals surface area contributed by atoms with Gasteiger partial charge in [0, 0.05) is 27.7 Å². The Morgan fingerprint density at radius 3 is 2.75 bits per heavy atom. The molecular weight excluding hydrogens is 344 g/mol. The SMILES string of the molecule is CC(NC(=O)c1ccc2c(c1)NC(=O)CCS2)c1ccc(Cl)cc1. The standard InChI is InChI=1S/C18H17ClN2O2S/c1-11(12-2-5-14(19)6-3-12)20-18(23)13-4-7-16-15(10-13)21-17(22)8-9-24-16/h2-7,10-11H,8-9H2,1H3,(H,20,23)(H,21,22). The maximum Gasteiger partial charge on any atom is 0.251 e. The van der Waals surface area contributed by atoms with Gasteiger partial charge >= 0.3 is 0 Å². The predicted molar refractivity (Wildman–Crippen MR) is 97.7 cm³/mol. The molecule has 2 aromatic carbocycles. The Morgan fingerprint density at radius 2 is 2.00 bits per heavy atom. The number of carbonyl (C=O) groups is 2. The number of benzene rings is 2. The average Bonchev–Trinajstić information content (AvgIpc) is 2.75. The summed E-state index contributed by atoms with van der Waals surface area (Å²) < 4.78 is 0. The number of hydrogen-bond acceptors (Lipinski definition) is 3. The molecule has 0 fully saturated rings. The number of anilines is 1. The van der Waals surface area contributed by atoms with Crippen molar-refractivity contribution in [3.8, 4) is 0 Å². The molecule has 6 heteroatoms. The molecular formula is C18H17ClN2O2S. The van der Waals surface area contributed by atoms with Crippen molar-refractivity contribution in [1.82, 2.24) is 5.32 Å². The molecule has 0 aromatic heterocycles. The normalized spacial score (nSPS) is 15.0. The highest BCUT2D eigenvalue weighted by molar-refractivity contribution is 7.99. The molecule has 0 aliphatic carbocycles. The fourth-order valence-electron chi connectivity index (χ4n) is 2.48. The zero-order valence-electron chi connectivity index (χ0n) is 13.1. The first-order valence-corrected chi connectivity index (χ1v) is 9.02. The van der Waals surface area contributed by atoms with E-state index in [9.17, 15) is 9.59 Å². The van der Waals surface area contributed by atoms with Crippen molar-refractivity contribution in [1.29, 1.82) is 0 Å². The third-order valence-electron chi connectivity index (χ3n) is 3.82. The molecule has 2 aromatic rings. The van der Waals surface area contributed by atoms with Crippen LogP contribution in [0, 0.1) is 0 Å². The number of thioether (sulfide) groups is 1. The van der Waals surface area contributed by atoms with Gasteiger partial charge in [0.15, 0.2) is 0 Å². The van der Waals surface area contributed by atoms with Crippen LogP contribution in [-0.2, 0) is 4.79 Å². The number of amides is 2.